The van der Waals surface area contributed by atoms with Gasteiger partial charge in [0.2, 0.25) is 0 Å². The van der Waals surface area contributed by atoms with Gasteiger partial charge in [-0.3, -0.25) is 14.6 Å². The number of hydrogen-bond acceptors (Lipinski definition) is 2. The van der Waals surface area contributed by atoms with Crippen molar-refractivity contribution >= 4 is 11.8 Å². The summed E-state index contributed by atoms with van der Waals surface area (Å²) < 4.78 is 1.77. The lowest BCUT2D eigenvalue weighted by Crippen LogP contribution is -2.19. The Labute approximate surface area is 87.9 Å². The van der Waals surface area contributed by atoms with Crippen LogP contribution in [0.1, 0.15) is 31.5 Å². The molecule has 0 saturated carbocycles. The molecule has 0 aromatic carbocycles. The number of nitrogens with zero attached hydrogens (tertiary/aromatic N) is 1. The summed E-state index contributed by atoms with van der Waals surface area (Å²) in [5.41, 5.74) is 2.34. The van der Waals surface area contributed by atoms with E-state index in [2.05, 4.69) is 18.9 Å². The van der Waals surface area contributed by atoms with Crippen LogP contribution in [-0.2, 0) is 18.1 Å². The third-order valence-corrected chi connectivity index (χ3v) is 3.55. The molecule has 3 nitrogen and oxygen atoms in total. The summed E-state index contributed by atoms with van der Waals surface area (Å²) >= 11 is 1.81. The van der Waals surface area contributed by atoms with Gasteiger partial charge in [0.15, 0.2) is 0 Å². The Balaban J connectivity index is 2.16. The molecular formula is C10H16N2OS. The first-order valence-corrected chi connectivity index (χ1v) is 6.22. The lowest BCUT2D eigenvalue weighted by atomic mass is 10.1. The third kappa shape index (κ3) is 1.75. The summed E-state index contributed by atoms with van der Waals surface area (Å²) in [7, 11) is 0. The fourth-order valence-electron chi connectivity index (χ4n) is 1.64. The maximum Gasteiger partial charge on any atom is 0.270 e. The molecule has 1 aliphatic rings. The molecule has 78 valence electrons. The van der Waals surface area contributed by atoms with Crippen molar-refractivity contribution in [2.75, 3.05) is 0 Å². The second-order valence-electron chi connectivity index (χ2n) is 4.20. The van der Waals surface area contributed by atoms with Gasteiger partial charge in [-0.1, -0.05) is 13.8 Å². The van der Waals surface area contributed by atoms with Crippen molar-refractivity contribution in [1.29, 1.82) is 0 Å². The van der Waals surface area contributed by atoms with E-state index in [1.807, 2.05) is 11.8 Å². The third-order valence-electron chi connectivity index (χ3n) is 2.56. The van der Waals surface area contributed by atoms with E-state index in [1.165, 1.54) is 0 Å². The monoisotopic (exact) mass is 212 g/mol. The van der Waals surface area contributed by atoms with E-state index in [1.54, 1.807) is 4.68 Å². The van der Waals surface area contributed by atoms with Gasteiger partial charge < -0.3 is 0 Å². The van der Waals surface area contributed by atoms with E-state index in [9.17, 15) is 4.79 Å². The van der Waals surface area contributed by atoms with E-state index in [0.29, 0.717) is 5.92 Å². The van der Waals surface area contributed by atoms with Gasteiger partial charge >= 0.3 is 0 Å². The zero-order valence-corrected chi connectivity index (χ0v) is 9.49. The molecular weight excluding hydrogens is 196 g/mol. The zero-order chi connectivity index (χ0) is 10.1. The Kier molecular flexibility index (Phi) is 2.72. The van der Waals surface area contributed by atoms with Crippen molar-refractivity contribution in [2.45, 2.75) is 38.3 Å². The minimum Gasteiger partial charge on any atom is -0.299 e. The first kappa shape index (κ1) is 9.90. The van der Waals surface area contributed by atoms with Crippen LogP contribution in [0.25, 0.3) is 0 Å². The van der Waals surface area contributed by atoms with Crippen molar-refractivity contribution in [2.24, 2.45) is 5.92 Å². The normalized spacial score (nSPS) is 15.1. The SMILES string of the molecule is CC(C)CCn1[nH]c2c(c1=O)CSC2. The first-order chi connectivity index (χ1) is 6.68. The highest BCUT2D eigenvalue weighted by Crippen LogP contribution is 2.25. The Morgan fingerprint density at radius 2 is 2.29 bits per heavy atom. The molecule has 2 rings (SSSR count). The molecule has 2 heterocycles. The van der Waals surface area contributed by atoms with Gasteiger partial charge in [-0.25, -0.2) is 0 Å². The van der Waals surface area contributed by atoms with Crippen molar-refractivity contribution in [3.8, 4) is 0 Å². The molecule has 1 aromatic heterocycles. The number of aromatic amines is 1. The van der Waals surface area contributed by atoms with E-state index >= 15 is 0 Å². The minimum atomic E-state index is 0.200. The predicted molar refractivity (Wildman–Crippen MR) is 59.5 cm³/mol. The van der Waals surface area contributed by atoms with Gasteiger partial charge in [0.1, 0.15) is 0 Å². The van der Waals surface area contributed by atoms with Crippen LogP contribution in [0, 0.1) is 5.92 Å². The Bertz CT molecular complexity index is 378. The van der Waals surface area contributed by atoms with E-state index < -0.39 is 0 Å². The molecule has 0 saturated heterocycles. The topological polar surface area (TPSA) is 37.8 Å². The van der Waals surface area contributed by atoms with Gasteiger partial charge in [0, 0.05) is 18.1 Å². The summed E-state index contributed by atoms with van der Waals surface area (Å²) in [5, 5.41) is 3.20. The molecule has 1 aromatic rings. The summed E-state index contributed by atoms with van der Waals surface area (Å²) in [6.45, 7) is 5.18. The lowest BCUT2D eigenvalue weighted by Gasteiger charge is -2.04. The predicted octanol–water partition coefficient (Wildman–Crippen LogP) is 1.97. The highest BCUT2D eigenvalue weighted by atomic mass is 32.2. The Morgan fingerprint density at radius 3 is 2.93 bits per heavy atom. The van der Waals surface area contributed by atoms with Gasteiger partial charge in [-0.05, 0) is 12.3 Å². The van der Waals surface area contributed by atoms with Crippen molar-refractivity contribution in [3.63, 3.8) is 0 Å². The number of nitrogens with one attached hydrogen (secondary N) is 1. The molecule has 0 spiro atoms. The molecule has 1 N–H and O–H groups in total. The van der Waals surface area contributed by atoms with Crippen LogP contribution >= 0.6 is 11.8 Å². The highest BCUT2D eigenvalue weighted by molar-refractivity contribution is 7.98. The van der Waals surface area contributed by atoms with Crippen LogP contribution in [0.4, 0.5) is 0 Å². The molecule has 0 radical (unpaired) electrons. The summed E-state index contributed by atoms with van der Waals surface area (Å²) in [4.78, 5) is 11.8. The number of hydrogen-bond donors (Lipinski definition) is 1. The fourth-order valence-corrected chi connectivity index (χ4v) is 2.69. The average Bonchev–Trinajstić information content (AvgIpc) is 2.66. The quantitative estimate of drug-likeness (QED) is 0.831. The van der Waals surface area contributed by atoms with E-state index in [4.69, 9.17) is 0 Å². The largest absolute Gasteiger partial charge is 0.299 e. The van der Waals surface area contributed by atoms with Crippen molar-refractivity contribution in [3.05, 3.63) is 21.6 Å². The minimum absolute atomic E-state index is 0.200. The van der Waals surface area contributed by atoms with Gasteiger partial charge in [-0.15, -0.1) is 0 Å². The summed E-state index contributed by atoms with van der Waals surface area (Å²) in [6.07, 6.45) is 1.06. The number of fused-ring (bicyclic) bond motifs is 1. The summed E-state index contributed by atoms with van der Waals surface area (Å²) in [5.74, 6) is 2.51. The van der Waals surface area contributed by atoms with Crippen LogP contribution in [-0.4, -0.2) is 9.78 Å². The average molecular weight is 212 g/mol. The van der Waals surface area contributed by atoms with Crippen LogP contribution in [0.2, 0.25) is 0 Å². The maximum atomic E-state index is 11.8. The summed E-state index contributed by atoms with van der Waals surface area (Å²) in [6, 6.07) is 0. The van der Waals surface area contributed by atoms with Crippen LogP contribution in [0.15, 0.2) is 4.79 Å². The fraction of sp³-hybridized carbons (Fsp3) is 0.700. The standard InChI is InChI=1S/C10H16N2OS/c1-7(2)3-4-12-10(13)8-5-14-6-9(8)11-12/h7,11H,3-6H2,1-2H3. The van der Waals surface area contributed by atoms with E-state index in [0.717, 1.165) is 35.7 Å². The van der Waals surface area contributed by atoms with Crippen molar-refractivity contribution in [1.82, 2.24) is 9.78 Å². The molecule has 4 heteroatoms. The molecule has 0 amide bonds. The molecule has 0 aliphatic carbocycles. The Morgan fingerprint density at radius 1 is 1.50 bits per heavy atom. The van der Waals surface area contributed by atoms with Crippen LogP contribution in [0.5, 0.6) is 0 Å². The molecule has 14 heavy (non-hydrogen) atoms. The van der Waals surface area contributed by atoms with Gasteiger partial charge in [-0.2, -0.15) is 11.8 Å². The number of thioether (sulfide) groups is 1. The van der Waals surface area contributed by atoms with Crippen molar-refractivity contribution < 1.29 is 0 Å². The molecule has 1 aliphatic heterocycles. The smallest absolute Gasteiger partial charge is 0.270 e. The Hall–Kier alpha value is -0.640. The molecule has 0 unspecified atom stereocenters. The molecule has 0 atom stereocenters. The van der Waals surface area contributed by atoms with Crippen LogP contribution < -0.4 is 5.56 Å². The lowest BCUT2D eigenvalue weighted by molar-refractivity contribution is 0.477. The highest BCUT2D eigenvalue weighted by Gasteiger charge is 2.19. The molecule has 0 bridgehead atoms. The number of rotatable bonds is 3. The zero-order valence-electron chi connectivity index (χ0n) is 8.67. The van der Waals surface area contributed by atoms with Gasteiger partial charge in [0.05, 0.1) is 11.3 Å². The maximum absolute atomic E-state index is 11.8. The van der Waals surface area contributed by atoms with Gasteiger partial charge in [0.25, 0.3) is 5.56 Å². The first-order valence-electron chi connectivity index (χ1n) is 5.06. The second kappa shape index (κ2) is 3.85. The number of aromatic nitrogens is 2. The number of H-pyrrole nitrogens is 1. The number of aryl methyl sites for hydroxylation is 1. The molecule has 0 fully saturated rings. The second-order valence-corrected chi connectivity index (χ2v) is 5.19. The van der Waals surface area contributed by atoms with E-state index in [-0.39, 0.29) is 5.56 Å². The van der Waals surface area contributed by atoms with Crippen LogP contribution in [0.3, 0.4) is 0 Å².